The van der Waals surface area contributed by atoms with Gasteiger partial charge in [0.1, 0.15) is 9.88 Å². The minimum Gasteiger partial charge on any atom is -0.350 e. The summed E-state index contributed by atoms with van der Waals surface area (Å²) in [5.74, 6) is -0.0663. The number of hydrogen-bond acceptors (Lipinski definition) is 4. The third kappa shape index (κ3) is 4.73. The van der Waals surface area contributed by atoms with Crippen molar-refractivity contribution in [2.45, 2.75) is 26.2 Å². The zero-order chi connectivity index (χ0) is 17.8. The van der Waals surface area contributed by atoms with Gasteiger partial charge in [-0.05, 0) is 51.1 Å². The minimum absolute atomic E-state index is 0.0663. The number of rotatable bonds is 5. The maximum atomic E-state index is 12.5. The van der Waals surface area contributed by atoms with E-state index in [9.17, 15) is 4.79 Å². The van der Waals surface area contributed by atoms with Crippen molar-refractivity contribution in [2.75, 3.05) is 26.2 Å². The van der Waals surface area contributed by atoms with Crippen molar-refractivity contribution in [1.82, 2.24) is 15.2 Å². The molecule has 1 aliphatic rings. The summed E-state index contributed by atoms with van der Waals surface area (Å²) in [7, 11) is 0. The Morgan fingerprint density at radius 1 is 1.28 bits per heavy atom. The van der Waals surface area contributed by atoms with Gasteiger partial charge in [-0.3, -0.25) is 4.79 Å². The van der Waals surface area contributed by atoms with Gasteiger partial charge in [-0.2, -0.15) is 0 Å². The molecule has 4 nitrogen and oxygen atoms in total. The first kappa shape index (κ1) is 18.6. The zero-order valence-electron chi connectivity index (χ0n) is 14.1. The largest absolute Gasteiger partial charge is 0.350 e. The molecule has 134 valence electrons. The van der Waals surface area contributed by atoms with Crippen LogP contribution in [0.5, 0.6) is 0 Å². The van der Waals surface area contributed by atoms with Crippen molar-refractivity contribution in [3.05, 3.63) is 38.8 Å². The Morgan fingerprint density at radius 3 is 2.76 bits per heavy atom. The van der Waals surface area contributed by atoms with Crippen molar-refractivity contribution in [1.29, 1.82) is 0 Å². The number of nitrogens with zero attached hydrogens (tertiary/aromatic N) is 2. The Kier molecular flexibility index (Phi) is 6.34. The standard InChI is InChI=1S/C18H21Cl2N3OS/c1-12-16(17(24)21-7-10-23-8-3-2-4-9-23)25-18(22-12)14-6-5-13(19)11-15(14)20/h5-6,11H,2-4,7-10H2,1H3,(H,21,24). The Hall–Kier alpha value is -1.14. The first-order valence-electron chi connectivity index (χ1n) is 8.48. The molecule has 1 amide bonds. The molecule has 1 fully saturated rings. The lowest BCUT2D eigenvalue weighted by atomic mass is 10.1. The second-order valence-electron chi connectivity index (χ2n) is 6.22. The molecule has 1 saturated heterocycles. The SMILES string of the molecule is Cc1nc(-c2ccc(Cl)cc2Cl)sc1C(=O)NCCN1CCCCC1. The van der Waals surface area contributed by atoms with Gasteiger partial charge in [0.25, 0.3) is 5.91 Å². The van der Waals surface area contributed by atoms with Crippen LogP contribution in [0, 0.1) is 6.92 Å². The highest BCUT2D eigenvalue weighted by Gasteiger charge is 2.18. The predicted octanol–water partition coefficient (Wildman–Crippen LogP) is 4.64. The molecule has 1 aliphatic heterocycles. The molecule has 3 rings (SSSR count). The van der Waals surface area contributed by atoms with Gasteiger partial charge in [-0.1, -0.05) is 29.6 Å². The molecule has 25 heavy (non-hydrogen) atoms. The molecule has 1 aromatic carbocycles. The number of amides is 1. The predicted molar refractivity (Wildman–Crippen MR) is 105 cm³/mol. The highest BCUT2D eigenvalue weighted by Crippen LogP contribution is 2.34. The van der Waals surface area contributed by atoms with Gasteiger partial charge < -0.3 is 10.2 Å². The van der Waals surface area contributed by atoms with Crippen LogP contribution in [0.4, 0.5) is 0 Å². The number of aromatic nitrogens is 1. The second kappa shape index (κ2) is 8.49. The van der Waals surface area contributed by atoms with Gasteiger partial charge in [-0.25, -0.2) is 4.98 Å². The molecule has 1 N–H and O–H groups in total. The van der Waals surface area contributed by atoms with Gasteiger partial charge in [-0.15, -0.1) is 11.3 Å². The van der Waals surface area contributed by atoms with Crippen LogP contribution >= 0.6 is 34.5 Å². The fourth-order valence-electron chi connectivity index (χ4n) is 2.98. The zero-order valence-corrected chi connectivity index (χ0v) is 16.5. The van der Waals surface area contributed by atoms with Crippen molar-refractivity contribution in [2.24, 2.45) is 0 Å². The molecule has 2 aromatic rings. The first-order chi connectivity index (χ1) is 12.0. The number of aryl methyl sites for hydroxylation is 1. The fraction of sp³-hybridized carbons (Fsp3) is 0.444. The fourth-order valence-corrected chi connectivity index (χ4v) is 4.55. The molecule has 0 atom stereocenters. The normalized spacial score (nSPS) is 15.3. The summed E-state index contributed by atoms with van der Waals surface area (Å²) >= 11 is 13.6. The van der Waals surface area contributed by atoms with E-state index in [1.165, 1.54) is 30.6 Å². The van der Waals surface area contributed by atoms with Gasteiger partial charge >= 0.3 is 0 Å². The van der Waals surface area contributed by atoms with E-state index in [-0.39, 0.29) is 5.91 Å². The molecule has 0 bridgehead atoms. The number of carbonyl (C=O) groups excluding carboxylic acids is 1. The molecule has 7 heteroatoms. The van der Waals surface area contributed by atoms with Crippen molar-refractivity contribution >= 4 is 40.4 Å². The van der Waals surface area contributed by atoms with Crippen LogP contribution in [-0.2, 0) is 0 Å². The molecule has 0 saturated carbocycles. The molecule has 0 unspecified atom stereocenters. The summed E-state index contributed by atoms with van der Waals surface area (Å²) in [4.78, 5) is 20.0. The van der Waals surface area contributed by atoms with Crippen LogP contribution in [0.2, 0.25) is 10.0 Å². The van der Waals surface area contributed by atoms with E-state index in [4.69, 9.17) is 23.2 Å². The van der Waals surface area contributed by atoms with Crippen molar-refractivity contribution in [3.63, 3.8) is 0 Å². The molecule has 0 aliphatic carbocycles. The number of piperidine rings is 1. The van der Waals surface area contributed by atoms with E-state index in [1.54, 1.807) is 12.1 Å². The Morgan fingerprint density at radius 2 is 2.04 bits per heavy atom. The molecule has 2 heterocycles. The van der Waals surface area contributed by atoms with Crippen LogP contribution in [0.15, 0.2) is 18.2 Å². The Bertz CT molecular complexity index is 757. The van der Waals surface area contributed by atoms with Crippen molar-refractivity contribution < 1.29 is 4.79 Å². The summed E-state index contributed by atoms with van der Waals surface area (Å²) in [5, 5.41) is 4.87. The monoisotopic (exact) mass is 397 g/mol. The quantitative estimate of drug-likeness (QED) is 0.798. The van der Waals surface area contributed by atoms with E-state index in [1.807, 2.05) is 13.0 Å². The lowest BCUT2D eigenvalue weighted by molar-refractivity contribution is 0.0950. The second-order valence-corrected chi connectivity index (χ2v) is 8.06. The minimum atomic E-state index is -0.0663. The summed E-state index contributed by atoms with van der Waals surface area (Å²) < 4.78 is 0. The first-order valence-corrected chi connectivity index (χ1v) is 10.1. The number of benzene rings is 1. The van der Waals surface area contributed by atoms with Crippen LogP contribution in [0.3, 0.4) is 0 Å². The average molecular weight is 398 g/mol. The highest BCUT2D eigenvalue weighted by atomic mass is 35.5. The van der Waals surface area contributed by atoms with Gasteiger partial charge in [0.2, 0.25) is 0 Å². The molecular formula is C18H21Cl2N3OS. The van der Waals surface area contributed by atoms with Gasteiger partial charge in [0.15, 0.2) is 0 Å². The van der Waals surface area contributed by atoms with E-state index in [0.29, 0.717) is 21.5 Å². The topological polar surface area (TPSA) is 45.2 Å². The van der Waals surface area contributed by atoms with Crippen LogP contribution < -0.4 is 5.32 Å². The number of hydrogen-bond donors (Lipinski definition) is 1. The molecule has 0 spiro atoms. The Labute approximate surface area is 162 Å². The summed E-state index contributed by atoms with van der Waals surface area (Å²) in [6.45, 7) is 5.68. The Balaban J connectivity index is 1.64. The van der Waals surface area contributed by atoms with E-state index < -0.39 is 0 Å². The third-order valence-electron chi connectivity index (χ3n) is 4.33. The lowest BCUT2D eigenvalue weighted by Crippen LogP contribution is -2.37. The van der Waals surface area contributed by atoms with Gasteiger partial charge in [0.05, 0.1) is 10.7 Å². The number of nitrogens with one attached hydrogen (secondary N) is 1. The van der Waals surface area contributed by atoms with E-state index >= 15 is 0 Å². The van der Waals surface area contributed by atoms with Crippen LogP contribution in [0.1, 0.15) is 34.6 Å². The number of likely N-dealkylation sites (tertiary alicyclic amines) is 1. The van der Waals surface area contributed by atoms with Crippen LogP contribution in [0.25, 0.3) is 10.6 Å². The number of carbonyl (C=O) groups is 1. The summed E-state index contributed by atoms with van der Waals surface area (Å²) in [6, 6.07) is 5.30. The van der Waals surface area contributed by atoms with Crippen LogP contribution in [-0.4, -0.2) is 42.0 Å². The average Bonchev–Trinajstić information content (AvgIpc) is 2.97. The lowest BCUT2D eigenvalue weighted by Gasteiger charge is -2.26. The molecular weight excluding hydrogens is 377 g/mol. The van der Waals surface area contributed by atoms with E-state index in [2.05, 4.69) is 15.2 Å². The third-order valence-corrected chi connectivity index (χ3v) is 6.06. The smallest absolute Gasteiger partial charge is 0.263 e. The highest BCUT2D eigenvalue weighted by molar-refractivity contribution is 7.17. The molecule has 0 radical (unpaired) electrons. The van der Waals surface area contributed by atoms with Gasteiger partial charge in [0, 0.05) is 23.7 Å². The molecule has 1 aromatic heterocycles. The number of thiazole rings is 1. The summed E-state index contributed by atoms with van der Waals surface area (Å²) in [5.41, 5.74) is 1.52. The maximum Gasteiger partial charge on any atom is 0.263 e. The van der Waals surface area contributed by atoms with E-state index in [0.717, 1.165) is 35.9 Å². The van der Waals surface area contributed by atoms with Crippen molar-refractivity contribution in [3.8, 4) is 10.6 Å². The summed E-state index contributed by atoms with van der Waals surface area (Å²) in [6.07, 6.45) is 3.83. The maximum absolute atomic E-state index is 12.5. The number of halogens is 2.